The molecule has 0 aliphatic carbocycles. The smallest absolute Gasteiger partial charge is 0.534 e. The van der Waals surface area contributed by atoms with Gasteiger partial charge in [-0.05, 0) is 30.5 Å². The van der Waals surface area contributed by atoms with Crippen molar-refractivity contribution >= 4 is 54.3 Å². The van der Waals surface area contributed by atoms with Gasteiger partial charge in [0.25, 0.3) is 5.91 Å². The van der Waals surface area contributed by atoms with E-state index in [1.807, 2.05) is 0 Å². The zero-order chi connectivity index (χ0) is 39.6. The zero-order valence-corrected chi connectivity index (χ0v) is 28.0. The lowest BCUT2D eigenvalue weighted by molar-refractivity contribution is -0.153. The van der Waals surface area contributed by atoms with Gasteiger partial charge in [-0.15, -0.1) is 0 Å². The fourth-order valence-corrected chi connectivity index (χ4v) is 5.83. The fraction of sp³-hybridized carbons (Fsp3) is 0.258. The van der Waals surface area contributed by atoms with Crippen LogP contribution in [-0.2, 0) is 20.8 Å². The maximum atomic E-state index is 14.6. The molecule has 1 fully saturated rings. The molecule has 17 nitrogen and oxygen atoms in total. The molecule has 2 aromatic carbocycles. The summed E-state index contributed by atoms with van der Waals surface area (Å²) in [7, 11) is -2.00. The third-order valence-electron chi connectivity index (χ3n) is 8.30. The lowest BCUT2D eigenvalue weighted by atomic mass is 9.72. The van der Waals surface area contributed by atoms with Crippen molar-refractivity contribution in [2.45, 2.75) is 24.8 Å². The van der Waals surface area contributed by atoms with E-state index in [1.54, 1.807) is 0 Å². The summed E-state index contributed by atoms with van der Waals surface area (Å²) in [4.78, 5) is 81.2. The molecule has 0 spiro atoms. The van der Waals surface area contributed by atoms with Gasteiger partial charge in [-0.25, -0.2) is 27.7 Å². The number of pyridine rings is 1. The average Bonchev–Trinajstić information content (AvgIpc) is 3.12. The van der Waals surface area contributed by atoms with Crippen LogP contribution in [0.25, 0.3) is 0 Å². The molecule has 6 amide bonds. The summed E-state index contributed by atoms with van der Waals surface area (Å²) in [5, 5.41) is 45.9. The number of nitrogens with one attached hydrogen (secondary N) is 3. The van der Waals surface area contributed by atoms with E-state index in [-0.39, 0.29) is 38.0 Å². The second-order valence-corrected chi connectivity index (χ2v) is 12.1. The maximum Gasteiger partial charge on any atom is 0.547 e. The van der Waals surface area contributed by atoms with Gasteiger partial charge in [-0.1, -0.05) is 17.7 Å². The first-order valence-corrected chi connectivity index (χ1v) is 16.0. The van der Waals surface area contributed by atoms with Crippen LogP contribution in [-0.4, -0.2) is 110 Å². The van der Waals surface area contributed by atoms with Gasteiger partial charge >= 0.3 is 30.9 Å². The summed E-state index contributed by atoms with van der Waals surface area (Å²) in [6.45, 7) is -0.958. The number of urea groups is 1. The van der Waals surface area contributed by atoms with Crippen LogP contribution in [0.2, 0.25) is 5.02 Å². The van der Waals surface area contributed by atoms with Gasteiger partial charge in [0.1, 0.15) is 23.2 Å². The summed E-state index contributed by atoms with van der Waals surface area (Å²) in [5.74, 6) is -15.8. The minimum atomic E-state index is -2.11. The third-order valence-corrected chi connectivity index (χ3v) is 8.70. The highest BCUT2D eigenvalue weighted by Gasteiger charge is 2.42. The Morgan fingerprint density at radius 2 is 1.74 bits per heavy atom. The molecule has 54 heavy (non-hydrogen) atoms. The van der Waals surface area contributed by atoms with Crippen molar-refractivity contribution in [2.24, 2.45) is 0 Å². The minimum absolute atomic E-state index is 0.0383. The number of halogens is 5. The number of aromatic hydroxyl groups is 2. The first-order valence-electron chi connectivity index (χ1n) is 15.6. The molecule has 3 aromatic rings. The van der Waals surface area contributed by atoms with Crippen molar-refractivity contribution in [1.82, 2.24) is 30.7 Å². The number of hydrogen-bond acceptors (Lipinski definition) is 11. The zero-order valence-electron chi connectivity index (χ0n) is 27.2. The molecule has 0 unspecified atom stereocenters. The Balaban J connectivity index is 1.28. The van der Waals surface area contributed by atoms with Crippen LogP contribution in [0.4, 0.5) is 22.4 Å². The molecule has 1 saturated heterocycles. The Kier molecular flexibility index (Phi) is 11.5. The largest absolute Gasteiger partial charge is 0.547 e. The van der Waals surface area contributed by atoms with Crippen LogP contribution in [0.3, 0.4) is 0 Å². The number of rotatable bonds is 10. The van der Waals surface area contributed by atoms with Gasteiger partial charge < -0.3 is 45.8 Å². The number of hydrogen-bond donors (Lipinski definition) is 7. The van der Waals surface area contributed by atoms with Gasteiger partial charge in [-0.3, -0.25) is 24.1 Å². The maximum absolute atomic E-state index is 14.6. The van der Waals surface area contributed by atoms with E-state index in [4.69, 9.17) is 16.3 Å². The Hall–Kier alpha value is -6.16. The van der Waals surface area contributed by atoms with Crippen LogP contribution < -0.4 is 20.6 Å². The molecule has 0 bridgehead atoms. The van der Waals surface area contributed by atoms with Crippen molar-refractivity contribution in [1.29, 1.82) is 0 Å². The number of carboxylic acids is 1. The molecule has 0 saturated carbocycles. The Morgan fingerprint density at radius 3 is 2.44 bits per heavy atom. The van der Waals surface area contributed by atoms with Crippen molar-refractivity contribution in [3.63, 3.8) is 0 Å². The quantitative estimate of drug-likeness (QED) is 0.0377. The lowest BCUT2D eigenvalue weighted by Gasteiger charge is -2.34. The minimum Gasteiger partial charge on any atom is -0.534 e. The molecule has 2 aliphatic heterocycles. The Bertz CT molecular complexity index is 2080. The average molecular weight is 781 g/mol. The molecule has 3 heterocycles. The van der Waals surface area contributed by atoms with E-state index in [2.05, 4.69) is 20.9 Å². The monoisotopic (exact) mass is 780 g/mol. The number of phenols is 2. The summed E-state index contributed by atoms with van der Waals surface area (Å²) in [6, 6.07) is -0.464. The van der Waals surface area contributed by atoms with E-state index < -0.39 is 124 Å². The number of phenolic OH excluding ortho intramolecular Hbond substituents is 2. The molecule has 1 aromatic heterocycles. The SMILES string of the molecule is O=C(NCCCN1CCN(C(=O)N[C@H](C(=O)N[C@H]2Cc3ccc(F)c(C(=O)O)c3OB2O)c2cc(F)c(O)c(O)c2Cl)C(=O)C1=O)c1cc(F)ncc1F. The summed E-state index contributed by atoms with van der Waals surface area (Å²) >= 11 is 6.10. The van der Waals surface area contributed by atoms with Crippen LogP contribution in [0.15, 0.2) is 30.5 Å². The molecular formula is C31H26BClF4N6O11. The Morgan fingerprint density at radius 1 is 1.02 bits per heavy atom. The van der Waals surface area contributed by atoms with Gasteiger partial charge in [0.15, 0.2) is 23.1 Å². The number of carbonyl (C=O) groups is 6. The molecular weight excluding hydrogens is 755 g/mol. The van der Waals surface area contributed by atoms with Crippen LogP contribution in [0.5, 0.6) is 17.2 Å². The molecule has 2 atom stereocenters. The molecule has 284 valence electrons. The molecule has 0 radical (unpaired) electrons. The second kappa shape index (κ2) is 15.8. The van der Waals surface area contributed by atoms with Crippen LogP contribution in [0, 0.1) is 23.4 Å². The first kappa shape index (κ1) is 39.1. The number of fused-ring (bicyclic) bond motifs is 1. The number of aromatic carboxylic acids is 1. The van der Waals surface area contributed by atoms with Crippen molar-refractivity contribution in [2.75, 3.05) is 26.2 Å². The van der Waals surface area contributed by atoms with Crippen molar-refractivity contribution in [3.05, 3.63) is 81.1 Å². The predicted molar refractivity (Wildman–Crippen MR) is 173 cm³/mol. The van der Waals surface area contributed by atoms with Crippen molar-refractivity contribution in [3.8, 4) is 17.2 Å². The van der Waals surface area contributed by atoms with Gasteiger partial charge in [0.05, 0.1) is 22.7 Å². The number of imide groups is 1. The lowest BCUT2D eigenvalue weighted by Crippen LogP contribution is -2.60. The van der Waals surface area contributed by atoms with Crippen molar-refractivity contribution < 1.29 is 71.3 Å². The number of amides is 6. The van der Waals surface area contributed by atoms with Gasteiger partial charge in [-0.2, -0.15) is 4.39 Å². The van der Waals surface area contributed by atoms with E-state index in [1.165, 1.54) is 0 Å². The summed E-state index contributed by atoms with van der Waals surface area (Å²) < 4.78 is 61.1. The van der Waals surface area contributed by atoms with E-state index in [0.717, 1.165) is 17.0 Å². The van der Waals surface area contributed by atoms with E-state index >= 15 is 0 Å². The molecule has 5 rings (SSSR count). The second-order valence-electron chi connectivity index (χ2n) is 11.7. The number of piperazine rings is 1. The molecule has 23 heteroatoms. The topological polar surface area (TPSA) is 248 Å². The predicted octanol–water partition coefficient (Wildman–Crippen LogP) is 0.782. The van der Waals surface area contributed by atoms with Crippen LogP contribution in [0.1, 0.15) is 44.3 Å². The number of nitrogens with zero attached hydrogens (tertiary/aromatic N) is 3. The number of carbonyl (C=O) groups excluding carboxylic acids is 5. The van der Waals surface area contributed by atoms with E-state index in [9.17, 15) is 66.7 Å². The van der Waals surface area contributed by atoms with Crippen LogP contribution >= 0.6 is 11.6 Å². The summed E-state index contributed by atoms with van der Waals surface area (Å²) in [5.41, 5.74) is -2.11. The highest BCUT2D eigenvalue weighted by molar-refractivity contribution is 6.47. The highest BCUT2D eigenvalue weighted by Crippen LogP contribution is 2.40. The number of carboxylic acid groups (broad SMARTS) is 1. The number of benzene rings is 2. The van der Waals surface area contributed by atoms with Gasteiger partial charge in [0.2, 0.25) is 11.9 Å². The molecule has 7 N–H and O–H groups in total. The standard InChI is InChI=1S/C31H26BClF4N6O11/c33-21-14(9-16(35)23(44)24(21)45)22(27(47)40-18-8-12-2-3-15(34)20(30(50)51)25(12)54-32(18)53)41-31(52)43-7-6-42(28(48)29(43)49)5-1-4-38-26(46)13-10-19(37)39-11-17(13)36/h2-3,9-11,18,22,44-45,53H,1,4-8H2,(H,38,46)(H,40,47)(H,41,52)(H,50,51)/t18-,22-/m0/s1. The normalized spacial score (nSPS) is 16.0. The fourth-order valence-electron chi connectivity index (χ4n) is 5.58. The summed E-state index contributed by atoms with van der Waals surface area (Å²) in [6.07, 6.45) is 0.208. The molecule has 2 aliphatic rings. The van der Waals surface area contributed by atoms with E-state index in [0.29, 0.717) is 23.2 Å². The Labute approximate surface area is 305 Å². The number of aromatic nitrogens is 1. The highest BCUT2D eigenvalue weighted by atomic mass is 35.5. The third kappa shape index (κ3) is 7.93. The van der Waals surface area contributed by atoms with Gasteiger partial charge in [0, 0.05) is 37.8 Å². The first-order chi connectivity index (χ1) is 25.5.